The fourth-order valence-electron chi connectivity index (χ4n) is 7.04. The van der Waals surface area contributed by atoms with Gasteiger partial charge in [-0.25, -0.2) is 14.6 Å². The second kappa shape index (κ2) is 11.8. The molecule has 4 aromatic rings. The number of nitrogens with one attached hydrogen (secondary N) is 1. The van der Waals surface area contributed by atoms with Crippen molar-refractivity contribution in [3.05, 3.63) is 60.9 Å². The van der Waals surface area contributed by atoms with E-state index in [1.807, 2.05) is 54.6 Å². The number of rotatable bonds is 6. The molecule has 3 aliphatic heterocycles. The minimum atomic E-state index is 0.298. The van der Waals surface area contributed by atoms with Crippen LogP contribution in [0.15, 0.2) is 60.9 Å². The molecule has 0 bridgehead atoms. The van der Waals surface area contributed by atoms with E-state index in [0.717, 1.165) is 65.8 Å². The maximum absolute atomic E-state index is 6.41. The van der Waals surface area contributed by atoms with Gasteiger partial charge in [0.15, 0.2) is 5.65 Å². The Morgan fingerprint density at radius 3 is 2.00 bits per heavy atom. The monoisotopic (exact) mass is 552 g/mol. The Morgan fingerprint density at radius 1 is 0.707 bits per heavy atom. The smallest absolute Gasteiger partial charge is 0.164 e. The van der Waals surface area contributed by atoms with Gasteiger partial charge in [0, 0.05) is 30.7 Å². The molecule has 0 aliphatic carbocycles. The summed E-state index contributed by atoms with van der Waals surface area (Å²) in [5.41, 5.74) is 9.04. The summed E-state index contributed by atoms with van der Waals surface area (Å²) < 4.78 is 8.11. The summed E-state index contributed by atoms with van der Waals surface area (Å²) in [7, 11) is 0. The summed E-state index contributed by atoms with van der Waals surface area (Å²) >= 11 is 0. The van der Waals surface area contributed by atoms with Crippen LogP contribution in [0, 0.1) is 0 Å². The Hall–Kier alpha value is -3.53. The fourth-order valence-corrected chi connectivity index (χ4v) is 7.04. The topological polar surface area (TPSA) is 97.4 Å². The van der Waals surface area contributed by atoms with Crippen LogP contribution >= 0.6 is 0 Å². The highest BCUT2D eigenvalue weighted by Gasteiger charge is 2.32. The van der Waals surface area contributed by atoms with Crippen molar-refractivity contribution >= 4 is 16.9 Å². The number of anilines is 1. The van der Waals surface area contributed by atoms with Gasteiger partial charge in [0.25, 0.3) is 0 Å². The fraction of sp³-hybridized carbons (Fsp3) is 0.469. The van der Waals surface area contributed by atoms with E-state index in [0.29, 0.717) is 17.9 Å². The Morgan fingerprint density at radius 2 is 1.32 bits per heavy atom. The SMILES string of the molecule is Nc1ncnc2c1c(-c1ccc(Oc3ccccc3)cc1)nn2C1CCN(C2CCN(C3CCNCC3)CC2)CC1. The zero-order valence-corrected chi connectivity index (χ0v) is 23.7. The molecular formula is C32H40N8O. The van der Waals surface area contributed by atoms with Gasteiger partial charge in [0.05, 0.1) is 11.4 Å². The molecule has 0 atom stereocenters. The molecule has 0 saturated carbocycles. The van der Waals surface area contributed by atoms with Crippen LogP contribution in [-0.2, 0) is 0 Å². The largest absolute Gasteiger partial charge is 0.457 e. The molecule has 0 radical (unpaired) electrons. The van der Waals surface area contributed by atoms with Crippen LogP contribution in [0.25, 0.3) is 22.3 Å². The van der Waals surface area contributed by atoms with Gasteiger partial charge in [-0.1, -0.05) is 18.2 Å². The zero-order valence-electron chi connectivity index (χ0n) is 23.7. The van der Waals surface area contributed by atoms with Gasteiger partial charge in [0.2, 0.25) is 0 Å². The number of nitrogens with two attached hydrogens (primary N) is 1. The van der Waals surface area contributed by atoms with Crippen molar-refractivity contribution in [2.24, 2.45) is 0 Å². The molecule has 3 fully saturated rings. The molecular weight excluding hydrogens is 512 g/mol. The number of para-hydroxylation sites is 1. The normalized spacial score (nSPS) is 20.5. The minimum absolute atomic E-state index is 0.298. The molecule has 7 rings (SSSR count). The Kier molecular flexibility index (Phi) is 7.56. The maximum atomic E-state index is 6.41. The number of hydrogen-bond donors (Lipinski definition) is 2. The van der Waals surface area contributed by atoms with Crippen molar-refractivity contribution < 1.29 is 4.74 Å². The zero-order chi connectivity index (χ0) is 27.6. The van der Waals surface area contributed by atoms with Gasteiger partial charge < -0.3 is 25.6 Å². The number of aromatic nitrogens is 4. The lowest BCUT2D eigenvalue weighted by atomic mass is 9.95. The summed E-state index contributed by atoms with van der Waals surface area (Å²) in [4.78, 5) is 14.5. The molecule has 2 aromatic heterocycles. The molecule has 3 aliphatic rings. The van der Waals surface area contributed by atoms with Gasteiger partial charge in [-0.15, -0.1) is 0 Å². The second-order valence-electron chi connectivity index (χ2n) is 11.7. The van der Waals surface area contributed by atoms with Crippen LogP contribution < -0.4 is 15.8 Å². The summed E-state index contributed by atoms with van der Waals surface area (Å²) in [5, 5.41) is 9.46. The maximum Gasteiger partial charge on any atom is 0.164 e. The first-order valence-corrected chi connectivity index (χ1v) is 15.2. The Balaban J connectivity index is 1.04. The third-order valence-electron chi connectivity index (χ3n) is 9.31. The number of piperidine rings is 3. The third-order valence-corrected chi connectivity index (χ3v) is 9.31. The number of fused-ring (bicyclic) bond motifs is 1. The lowest BCUT2D eigenvalue weighted by molar-refractivity contribution is 0.0548. The number of ether oxygens (including phenoxy) is 1. The van der Waals surface area contributed by atoms with Crippen LogP contribution in [0.2, 0.25) is 0 Å². The van der Waals surface area contributed by atoms with Crippen molar-refractivity contribution in [2.75, 3.05) is 45.0 Å². The van der Waals surface area contributed by atoms with E-state index in [1.165, 1.54) is 51.9 Å². The molecule has 9 nitrogen and oxygen atoms in total. The molecule has 3 saturated heterocycles. The van der Waals surface area contributed by atoms with Crippen LogP contribution in [0.4, 0.5) is 5.82 Å². The van der Waals surface area contributed by atoms with E-state index in [9.17, 15) is 0 Å². The predicted octanol–water partition coefficient (Wildman–Crippen LogP) is 4.72. The van der Waals surface area contributed by atoms with Gasteiger partial charge in [-0.05, 0) is 101 Å². The Labute approximate surface area is 241 Å². The van der Waals surface area contributed by atoms with Crippen LogP contribution in [0.3, 0.4) is 0 Å². The summed E-state index contributed by atoms with van der Waals surface area (Å²) in [5.74, 6) is 2.06. The molecule has 3 N–H and O–H groups in total. The molecule has 9 heteroatoms. The quantitative estimate of drug-likeness (QED) is 0.355. The lowest BCUT2D eigenvalue weighted by Crippen LogP contribution is -2.51. The summed E-state index contributed by atoms with van der Waals surface area (Å²) in [6.45, 7) is 7.04. The van der Waals surface area contributed by atoms with Crippen molar-refractivity contribution in [2.45, 2.75) is 56.7 Å². The van der Waals surface area contributed by atoms with Gasteiger partial charge >= 0.3 is 0 Å². The van der Waals surface area contributed by atoms with Gasteiger partial charge in [-0.3, -0.25) is 0 Å². The van der Waals surface area contributed by atoms with E-state index in [2.05, 4.69) is 29.8 Å². The minimum Gasteiger partial charge on any atom is -0.457 e. The predicted molar refractivity (Wildman–Crippen MR) is 162 cm³/mol. The molecule has 0 spiro atoms. The van der Waals surface area contributed by atoms with E-state index >= 15 is 0 Å². The van der Waals surface area contributed by atoms with Gasteiger partial charge in [-0.2, -0.15) is 5.10 Å². The average molecular weight is 553 g/mol. The molecule has 0 amide bonds. The molecule has 5 heterocycles. The van der Waals surface area contributed by atoms with Crippen LogP contribution in [0.5, 0.6) is 11.5 Å². The number of benzene rings is 2. The van der Waals surface area contributed by atoms with E-state index in [-0.39, 0.29) is 0 Å². The van der Waals surface area contributed by atoms with Crippen molar-refractivity contribution in [1.29, 1.82) is 0 Å². The first-order valence-electron chi connectivity index (χ1n) is 15.2. The van der Waals surface area contributed by atoms with Crippen molar-refractivity contribution in [3.63, 3.8) is 0 Å². The molecule has 0 unspecified atom stereocenters. The first-order chi connectivity index (χ1) is 20.2. The second-order valence-corrected chi connectivity index (χ2v) is 11.7. The van der Waals surface area contributed by atoms with E-state index in [1.54, 1.807) is 6.33 Å². The van der Waals surface area contributed by atoms with Crippen LogP contribution in [-0.4, -0.2) is 80.9 Å². The highest BCUT2D eigenvalue weighted by atomic mass is 16.5. The lowest BCUT2D eigenvalue weighted by Gasteiger charge is -2.44. The standard InChI is InChI=1S/C32H40N8O/c33-31-29-30(23-6-8-28(9-7-23)41-27-4-2-1-3-5-27)37-40(32(29)36-22-35-31)26-14-20-39(21-15-26)25-12-18-38(19-13-25)24-10-16-34-17-11-24/h1-9,22,24-26,34H,10-21H2,(H2,33,35,36). The van der Waals surface area contributed by atoms with Crippen LogP contribution in [0.1, 0.15) is 44.6 Å². The average Bonchev–Trinajstić information content (AvgIpc) is 3.44. The molecule has 214 valence electrons. The number of nitrogen functional groups attached to an aromatic ring is 1. The Bertz CT molecular complexity index is 1430. The molecule has 2 aromatic carbocycles. The third kappa shape index (κ3) is 5.54. The summed E-state index contributed by atoms with van der Waals surface area (Å²) in [6, 6.07) is 19.6. The van der Waals surface area contributed by atoms with E-state index < -0.39 is 0 Å². The van der Waals surface area contributed by atoms with Crippen molar-refractivity contribution in [1.82, 2.24) is 34.9 Å². The summed E-state index contributed by atoms with van der Waals surface area (Å²) in [6.07, 6.45) is 8.87. The van der Waals surface area contributed by atoms with Gasteiger partial charge in [0.1, 0.15) is 29.3 Å². The highest BCUT2D eigenvalue weighted by Crippen LogP contribution is 2.36. The van der Waals surface area contributed by atoms with Crippen molar-refractivity contribution in [3.8, 4) is 22.8 Å². The number of likely N-dealkylation sites (tertiary alicyclic amines) is 2. The number of nitrogens with zero attached hydrogens (tertiary/aromatic N) is 6. The number of hydrogen-bond acceptors (Lipinski definition) is 8. The highest BCUT2D eigenvalue weighted by molar-refractivity contribution is 5.98. The molecule has 41 heavy (non-hydrogen) atoms. The van der Waals surface area contributed by atoms with E-state index in [4.69, 9.17) is 15.6 Å². The first kappa shape index (κ1) is 26.4.